The van der Waals surface area contributed by atoms with Crippen LogP contribution in [-0.4, -0.2) is 43.1 Å². The SMILES string of the molecule is CC(C)C1(C)CS(=O)(=O)C2C(CC(C)C3(C)CCC4CCOC43)SCC21. The third-order valence-electron chi connectivity index (χ3n) is 8.98. The van der Waals surface area contributed by atoms with E-state index in [-0.39, 0.29) is 21.3 Å². The van der Waals surface area contributed by atoms with Crippen LogP contribution < -0.4 is 0 Å². The first kappa shape index (κ1) is 19.6. The average Bonchev–Trinajstić information content (AvgIpc) is 3.26. The number of hydrogen-bond donors (Lipinski definition) is 0. The Morgan fingerprint density at radius 3 is 2.58 bits per heavy atom. The van der Waals surface area contributed by atoms with Crippen molar-refractivity contribution in [1.29, 1.82) is 0 Å². The van der Waals surface area contributed by atoms with Crippen molar-refractivity contribution in [3.8, 4) is 0 Å². The van der Waals surface area contributed by atoms with Crippen LogP contribution in [0, 0.1) is 34.5 Å². The maximum atomic E-state index is 13.1. The number of ether oxygens (including phenoxy) is 1. The molecule has 0 aromatic rings. The van der Waals surface area contributed by atoms with Crippen molar-refractivity contribution in [1.82, 2.24) is 0 Å². The quantitative estimate of drug-likeness (QED) is 0.701. The van der Waals surface area contributed by atoms with E-state index >= 15 is 0 Å². The first-order valence-electron chi connectivity index (χ1n) is 10.5. The molecule has 4 rings (SSSR count). The van der Waals surface area contributed by atoms with Crippen LogP contribution in [0.3, 0.4) is 0 Å². The third-order valence-corrected chi connectivity index (χ3v) is 13.1. The lowest BCUT2D eigenvalue weighted by Gasteiger charge is -2.38. The number of thioether (sulfide) groups is 1. The van der Waals surface area contributed by atoms with Gasteiger partial charge in [-0.25, -0.2) is 8.42 Å². The third kappa shape index (κ3) is 2.74. The number of rotatable bonds is 4. The second kappa shape index (κ2) is 6.38. The first-order valence-corrected chi connectivity index (χ1v) is 13.3. The van der Waals surface area contributed by atoms with Crippen molar-refractivity contribution in [2.45, 2.75) is 76.9 Å². The zero-order valence-electron chi connectivity index (χ0n) is 17.0. The molecule has 0 amide bonds. The van der Waals surface area contributed by atoms with Gasteiger partial charge in [0.25, 0.3) is 0 Å². The van der Waals surface area contributed by atoms with Gasteiger partial charge in [0.15, 0.2) is 9.84 Å². The summed E-state index contributed by atoms with van der Waals surface area (Å²) in [5.74, 6) is 3.43. The van der Waals surface area contributed by atoms with Crippen LogP contribution in [0.1, 0.15) is 60.3 Å². The van der Waals surface area contributed by atoms with E-state index in [9.17, 15) is 8.42 Å². The van der Waals surface area contributed by atoms with Gasteiger partial charge in [-0.2, -0.15) is 11.8 Å². The zero-order valence-corrected chi connectivity index (χ0v) is 18.7. The Morgan fingerprint density at radius 2 is 1.88 bits per heavy atom. The van der Waals surface area contributed by atoms with Crippen LogP contribution in [0.4, 0.5) is 0 Å². The molecule has 0 aromatic heterocycles. The maximum absolute atomic E-state index is 13.1. The van der Waals surface area contributed by atoms with Gasteiger partial charge in [0.1, 0.15) is 0 Å². The van der Waals surface area contributed by atoms with E-state index in [0.717, 1.165) is 24.7 Å². The van der Waals surface area contributed by atoms with E-state index in [0.29, 0.717) is 29.6 Å². The van der Waals surface area contributed by atoms with E-state index in [4.69, 9.17) is 4.74 Å². The van der Waals surface area contributed by atoms with Crippen LogP contribution in [0.25, 0.3) is 0 Å². The molecule has 1 aliphatic carbocycles. The van der Waals surface area contributed by atoms with Gasteiger partial charge in [-0.1, -0.05) is 34.6 Å². The molecule has 0 bridgehead atoms. The number of hydrogen-bond acceptors (Lipinski definition) is 4. The molecule has 1 saturated carbocycles. The van der Waals surface area contributed by atoms with Gasteiger partial charge in [0, 0.05) is 11.9 Å². The minimum atomic E-state index is -2.98. The summed E-state index contributed by atoms with van der Waals surface area (Å²) in [5, 5.41) is 0.158. The molecule has 4 fully saturated rings. The molecule has 3 saturated heterocycles. The van der Waals surface area contributed by atoms with E-state index in [1.807, 2.05) is 11.8 Å². The lowest BCUT2D eigenvalue weighted by Crippen LogP contribution is -2.39. The average molecular weight is 401 g/mol. The predicted molar refractivity (Wildman–Crippen MR) is 109 cm³/mol. The number of fused-ring (bicyclic) bond motifs is 2. The molecule has 4 aliphatic rings. The summed E-state index contributed by atoms with van der Waals surface area (Å²) in [4.78, 5) is 0. The van der Waals surface area contributed by atoms with Crippen LogP contribution in [-0.2, 0) is 14.6 Å². The van der Waals surface area contributed by atoms with Gasteiger partial charge in [-0.3, -0.25) is 0 Å². The van der Waals surface area contributed by atoms with E-state index in [2.05, 4.69) is 34.6 Å². The van der Waals surface area contributed by atoms with E-state index in [1.165, 1.54) is 19.3 Å². The van der Waals surface area contributed by atoms with Gasteiger partial charge in [-0.05, 0) is 65.9 Å². The van der Waals surface area contributed by atoms with Gasteiger partial charge in [0.05, 0.1) is 17.1 Å². The molecular weight excluding hydrogens is 364 g/mol. The molecule has 0 N–H and O–H groups in total. The summed E-state index contributed by atoms with van der Waals surface area (Å²) in [7, 11) is -2.98. The summed E-state index contributed by atoms with van der Waals surface area (Å²) in [6.07, 6.45) is 5.19. The van der Waals surface area contributed by atoms with E-state index < -0.39 is 9.84 Å². The highest BCUT2D eigenvalue weighted by Crippen LogP contribution is 2.58. The van der Waals surface area contributed by atoms with Gasteiger partial charge in [-0.15, -0.1) is 0 Å². The minimum Gasteiger partial charge on any atom is -0.377 e. The van der Waals surface area contributed by atoms with Crippen molar-refractivity contribution >= 4 is 21.6 Å². The monoisotopic (exact) mass is 400 g/mol. The summed E-state index contributed by atoms with van der Waals surface area (Å²) in [6.45, 7) is 12.3. The largest absolute Gasteiger partial charge is 0.377 e. The zero-order chi connectivity index (χ0) is 18.9. The van der Waals surface area contributed by atoms with Gasteiger partial charge in [0.2, 0.25) is 0 Å². The fourth-order valence-corrected chi connectivity index (χ4v) is 12.4. The van der Waals surface area contributed by atoms with Crippen LogP contribution in [0.15, 0.2) is 0 Å². The molecular formula is C21H36O3S2. The minimum absolute atomic E-state index is 0.0502. The summed E-state index contributed by atoms with van der Waals surface area (Å²) >= 11 is 1.95. The molecule has 0 spiro atoms. The van der Waals surface area contributed by atoms with Gasteiger partial charge >= 0.3 is 0 Å². The van der Waals surface area contributed by atoms with E-state index in [1.54, 1.807) is 0 Å². The van der Waals surface area contributed by atoms with Crippen LogP contribution in [0.2, 0.25) is 0 Å². The molecule has 8 atom stereocenters. The lowest BCUT2D eigenvalue weighted by molar-refractivity contribution is -0.0154. The Bertz CT molecular complexity index is 660. The smallest absolute Gasteiger partial charge is 0.155 e. The fraction of sp³-hybridized carbons (Fsp3) is 1.00. The maximum Gasteiger partial charge on any atom is 0.155 e. The van der Waals surface area contributed by atoms with Gasteiger partial charge < -0.3 is 4.74 Å². The summed E-state index contributed by atoms with van der Waals surface area (Å²) in [5.41, 5.74) is 0.176. The first-order chi connectivity index (χ1) is 12.1. The molecule has 0 radical (unpaired) electrons. The van der Waals surface area contributed by atoms with Crippen molar-refractivity contribution < 1.29 is 13.2 Å². The standard InChI is InChI=1S/C21H36O3S2/c1-13(2)21(5)12-26(22,23)18-16(21)11-25-17(18)10-14(3)20(4)8-6-15-7-9-24-19(15)20/h13-19H,6-12H2,1-5H3. The molecule has 26 heavy (non-hydrogen) atoms. The predicted octanol–water partition coefficient (Wildman–Crippen LogP) is 4.41. The molecule has 8 unspecified atom stereocenters. The molecule has 150 valence electrons. The Kier molecular flexibility index (Phi) is 4.80. The summed E-state index contributed by atoms with van der Waals surface area (Å²) < 4.78 is 32.3. The highest BCUT2D eigenvalue weighted by Gasteiger charge is 2.61. The Morgan fingerprint density at radius 1 is 1.15 bits per heavy atom. The normalized spacial score (nSPS) is 50.9. The highest BCUT2D eigenvalue weighted by molar-refractivity contribution is 8.02. The van der Waals surface area contributed by atoms with Crippen molar-refractivity contribution in [3.63, 3.8) is 0 Å². The Labute approximate surface area is 164 Å². The topological polar surface area (TPSA) is 43.4 Å². The highest BCUT2D eigenvalue weighted by atomic mass is 32.2. The number of sulfone groups is 1. The molecule has 3 heterocycles. The second-order valence-corrected chi connectivity index (χ2v) is 13.9. The fourth-order valence-electron chi connectivity index (χ4n) is 6.60. The second-order valence-electron chi connectivity index (χ2n) is 10.4. The Balaban J connectivity index is 1.53. The lowest BCUT2D eigenvalue weighted by atomic mass is 9.68. The van der Waals surface area contributed by atoms with Crippen molar-refractivity contribution in [2.24, 2.45) is 34.5 Å². The molecule has 3 aliphatic heterocycles. The van der Waals surface area contributed by atoms with Crippen molar-refractivity contribution in [3.05, 3.63) is 0 Å². The molecule has 0 aromatic carbocycles. The molecule has 3 nitrogen and oxygen atoms in total. The summed E-state index contributed by atoms with van der Waals surface area (Å²) in [6, 6.07) is 0. The molecule has 5 heteroatoms. The van der Waals surface area contributed by atoms with Crippen LogP contribution >= 0.6 is 11.8 Å². The van der Waals surface area contributed by atoms with Crippen LogP contribution in [0.5, 0.6) is 0 Å². The Hall–Kier alpha value is 0.260. The van der Waals surface area contributed by atoms with Crippen molar-refractivity contribution in [2.75, 3.05) is 18.1 Å².